The zero-order valence-electron chi connectivity index (χ0n) is 17.4. The molecule has 2 atom stereocenters. The van der Waals surface area contributed by atoms with Gasteiger partial charge in [0.25, 0.3) is 5.56 Å². The first kappa shape index (κ1) is 22.0. The first-order valence-electron chi connectivity index (χ1n) is 9.30. The third-order valence-electron chi connectivity index (χ3n) is 4.65. The summed E-state index contributed by atoms with van der Waals surface area (Å²) in [6.45, 7) is 9.67. The van der Waals surface area contributed by atoms with Crippen LogP contribution in [0.25, 0.3) is 22.3 Å². The maximum Gasteiger partial charge on any atom is 0.261 e. The fourth-order valence-corrected chi connectivity index (χ4v) is 4.17. The van der Waals surface area contributed by atoms with Crippen LogP contribution in [0.3, 0.4) is 0 Å². The normalized spacial score (nSPS) is 14.2. The van der Waals surface area contributed by atoms with Crippen molar-refractivity contribution in [2.24, 2.45) is 7.05 Å². The van der Waals surface area contributed by atoms with Gasteiger partial charge >= 0.3 is 0 Å². The molecule has 0 bridgehead atoms. The predicted molar refractivity (Wildman–Crippen MR) is 127 cm³/mol. The van der Waals surface area contributed by atoms with Gasteiger partial charge in [-0.25, -0.2) is 18.9 Å². The van der Waals surface area contributed by atoms with Gasteiger partial charge in [0.2, 0.25) is 0 Å². The fraction of sp³-hybridized carbons (Fsp3) is 0.381. The van der Waals surface area contributed by atoms with E-state index in [9.17, 15) is 9.00 Å². The summed E-state index contributed by atoms with van der Waals surface area (Å²) < 4.78 is 17.8. The van der Waals surface area contributed by atoms with E-state index in [-0.39, 0.29) is 11.6 Å². The van der Waals surface area contributed by atoms with Crippen molar-refractivity contribution in [2.45, 2.75) is 45.4 Å². The summed E-state index contributed by atoms with van der Waals surface area (Å²) >= 11 is 2.14. The predicted octanol–water partition coefficient (Wildman–Crippen LogP) is 4.02. The van der Waals surface area contributed by atoms with Crippen LogP contribution in [-0.4, -0.2) is 23.5 Å². The van der Waals surface area contributed by atoms with Gasteiger partial charge in [-0.05, 0) is 86.5 Å². The molecular weight excluding hydrogens is 499 g/mol. The lowest BCUT2D eigenvalue weighted by atomic mass is 10.0. The molecule has 2 heterocycles. The first-order valence-corrected chi connectivity index (χ1v) is 11.5. The summed E-state index contributed by atoms with van der Waals surface area (Å²) in [5.41, 5.74) is 3.11. The first-order chi connectivity index (χ1) is 13.5. The van der Waals surface area contributed by atoms with Gasteiger partial charge in [-0.15, -0.1) is 0 Å². The second-order valence-electron chi connectivity index (χ2n) is 8.14. The molecule has 0 aliphatic heterocycles. The average Bonchev–Trinajstić information content (AvgIpc) is 2.64. The van der Waals surface area contributed by atoms with Gasteiger partial charge in [0.05, 0.1) is 26.6 Å². The molecule has 6 nitrogen and oxygen atoms in total. The Kier molecular flexibility index (Phi) is 6.26. The smallest absolute Gasteiger partial charge is 0.261 e. The second kappa shape index (κ2) is 8.23. The zero-order chi connectivity index (χ0) is 21.5. The van der Waals surface area contributed by atoms with Gasteiger partial charge < -0.3 is 0 Å². The Hall–Kier alpha value is -1.65. The Morgan fingerprint density at radius 1 is 1.24 bits per heavy atom. The number of fused-ring (bicyclic) bond motifs is 1. The summed E-state index contributed by atoms with van der Waals surface area (Å²) in [6, 6.07) is 7.42. The monoisotopic (exact) mass is 524 g/mol. The molecule has 1 N–H and O–H groups in total. The van der Waals surface area contributed by atoms with Crippen LogP contribution in [0.2, 0.25) is 0 Å². The van der Waals surface area contributed by atoms with E-state index in [4.69, 9.17) is 4.98 Å². The largest absolute Gasteiger partial charge is 0.295 e. The van der Waals surface area contributed by atoms with Crippen LogP contribution in [0.1, 0.15) is 44.9 Å². The van der Waals surface area contributed by atoms with Crippen LogP contribution >= 0.6 is 22.6 Å². The molecule has 2 aromatic heterocycles. The molecule has 1 aromatic carbocycles. The third-order valence-corrected chi connectivity index (χ3v) is 6.96. The average molecular weight is 524 g/mol. The maximum absolute atomic E-state index is 13.1. The highest BCUT2D eigenvalue weighted by molar-refractivity contribution is 14.1. The molecule has 0 aliphatic carbocycles. The number of halogens is 1. The highest BCUT2D eigenvalue weighted by Gasteiger charge is 2.24. The molecule has 0 radical (unpaired) electrons. The van der Waals surface area contributed by atoms with Crippen molar-refractivity contribution in [3.63, 3.8) is 0 Å². The third kappa shape index (κ3) is 4.59. The quantitative estimate of drug-likeness (QED) is 0.413. The number of hydrogen-bond acceptors (Lipinski definition) is 4. The summed E-state index contributed by atoms with van der Waals surface area (Å²) in [5, 5.41) is 0.555. The summed E-state index contributed by atoms with van der Waals surface area (Å²) in [6.07, 6.45) is 1.72. The van der Waals surface area contributed by atoms with Gasteiger partial charge in [0.1, 0.15) is 9.53 Å². The van der Waals surface area contributed by atoms with E-state index in [2.05, 4.69) is 32.3 Å². The van der Waals surface area contributed by atoms with E-state index in [1.165, 1.54) is 0 Å². The molecule has 0 saturated carbocycles. The van der Waals surface area contributed by atoms with Crippen molar-refractivity contribution in [1.82, 2.24) is 19.3 Å². The molecule has 0 spiro atoms. The van der Waals surface area contributed by atoms with Crippen LogP contribution in [0.5, 0.6) is 0 Å². The number of pyridine rings is 1. The molecule has 3 aromatic rings. The van der Waals surface area contributed by atoms with Crippen molar-refractivity contribution in [2.75, 3.05) is 0 Å². The van der Waals surface area contributed by atoms with E-state index in [1.807, 2.05) is 58.9 Å². The lowest BCUT2D eigenvalue weighted by Crippen LogP contribution is -2.35. The Morgan fingerprint density at radius 2 is 1.93 bits per heavy atom. The fourth-order valence-electron chi connectivity index (χ4n) is 3.05. The molecule has 154 valence electrons. The van der Waals surface area contributed by atoms with Crippen LogP contribution < -0.4 is 10.3 Å². The minimum absolute atomic E-state index is 0.113. The molecule has 2 unspecified atom stereocenters. The molecule has 0 amide bonds. The highest BCUT2D eigenvalue weighted by Crippen LogP contribution is 2.27. The zero-order valence-corrected chi connectivity index (χ0v) is 20.4. The van der Waals surface area contributed by atoms with E-state index in [0.717, 1.165) is 20.4 Å². The van der Waals surface area contributed by atoms with Crippen LogP contribution in [-0.2, 0) is 18.0 Å². The van der Waals surface area contributed by atoms with Gasteiger partial charge in [-0.1, -0.05) is 6.07 Å². The molecule has 0 aliphatic rings. The minimum Gasteiger partial charge on any atom is -0.295 e. The highest BCUT2D eigenvalue weighted by atomic mass is 127. The second-order valence-corrected chi connectivity index (χ2v) is 11.2. The molecule has 0 fully saturated rings. The Bertz CT molecular complexity index is 1150. The minimum atomic E-state index is -1.24. The molecule has 29 heavy (non-hydrogen) atoms. The van der Waals surface area contributed by atoms with E-state index in [0.29, 0.717) is 16.7 Å². The number of hydrogen-bond donors (Lipinski definition) is 1. The van der Waals surface area contributed by atoms with E-state index < -0.39 is 15.7 Å². The molecule has 8 heteroatoms. The van der Waals surface area contributed by atoms with Crippen molar-refractivity contribution >= 4 is 44.5 Å². The number of rotatable bonds is 4. The standard InChI is InChI=1S/C21H25IN4O2S/c1-12-9-15(13(2)25-29(28)21(3,4)5)18-16(10-12)20(27)26(6)19(24-18)14-7-8-17(22)23-11-14/h7-11,13,25H,1-6H3. The van der Waals surface area contributed by atoms with Gasteiger partial charge in [0, 0.05) is 24.8 Å². The van der Waals surface area contributed by atoms with Crippen molar-refractivity contribution in [1.29, 1.82) is 0 Å². The topological polar surface area (TPSA) is 76.9 Å². The van der Waals surface area contributed by atoms with Crippen LogP contribution in [0.15, 0.2) is 35.3 Å². The lowest BCUT2D eigenvalue weighted by molar-refractivity contribution is 0.617. The summed E-state index contributed by atoms with van der Waals surface area (Å²) in [7, 11) is 0.480. The van der Waals surface area contributed by atoms with Crippen molar-refractivity contribution in [3.05, 3.63) is 55.6 Å². The number of nitrogens with one attached hydrogen (secondary N) is 1. The van der Waals surface area contributed by atoms with Crippen LogP contribution in [0.4, 0.5) is 0 Å². The number of nitrogens with zero attached hydrogens (tertiary/aromatic N) is 3. The van der Waals surface area contributed by atoms with Crippen molar-refractivity contribution in [3.8, 4) is 11.4 Å². The molecule has 3 rings (SSSR count). The van der Waals surface area contributed by atoms with Crippen LogP contribution in [0, 0.1) is 10.6 Å². The molecule has 0 saturated heterocycles. The van der Waals surface area contributed by atoms with Crippen molar-refractivity contribution < 1.29 is 4.21 Å². The maximum atomic E-state index is 13.1. The number of aryl methyl sites for hydroxylation is 1. The van der Waals surface area contributed by atoms with E-state index >= 15 is 0 Å². The Morgan fingerprint density at radius 3 is 2.52 bits per heavy atom. The number of aromatic nitrogens is 3. The summed E-state index contributed by atoms with van der Waals surface area (Å²) in [4.78, 5) is 22.3. The van der Waals surface area contributed by atoms with Gasteiger partial charge in [-0.2, -0.15) is 0 Å². The van der Waals surface area contributed by atoms with Gasteiger partial charge in [-0.3, -0.25) is 9.36 Å². The van der Waals surface area contributed by atoms with Gasteiger partial charge in [0.15, 0.2) is 0 Å². The SMILES string of the molecule is Cc1cc(C(C)NS(=O)C(C)(C)C)c2nc(-c3ccc(I)nc3)n(C)c(=O)c2c1. The Balaban J connectivity index is 2.22. The molecular formula is C21H25IN4O2S. The van der Waals surface area contributed by atoms with E-state index in [1.54, 1.807) is 17.8 Å². The summed E-state index contributed by atoms with van der Waals surface area (Å²) in [5.74, 6) is 0.556. The Labute approximate surface area is 186 Å². The number of benzene rings is 1. The lowest BCUT2D eigenvalue weighted by Gasteiger charge is -2.23.